The van der Waals surface area contributed by atoms with Crippen LogP contribution < -0.4 is 11.1 Å². The zero-order valence-electron chi connectivity index (χ0n) is 7.16. The molecule has 0 aromatic rings. The van der Waals surface area contributed by atoms with E-state index in [1.54, 1.807) is 0 Å². The Hall–Kier alpha value is 0.500. The van der Waals surface area contributed by atoms with E-state index in [1.165, 1.54) is 25.9 Å². The Morgan fingerprint density at radius 1 is 1.08 bits per heavy atom. The van der Waals surface area contributed by atoms with Crippen molar-refractivity contribution < 1.29 is 0 Å². The Labute approximate surface area is 86.5 Å². The monoisotopic (exact) mass is 212 g/mol. The molecule has 12 heavy (non-hydrogen) atoms. The van der Waals surface area contributed by atoms with E-state index in [-0.39, 0.29) is 24.8 Å². The Balaban J connectivity index is 0.000000605. The molecule has 0 bridgehead atoms. The lowest BCUT2D eigenvalue weighted by Crippen LogP contribution is -2.16. The van der Waals surface area contributed by atoms with E-state index in [0.717, 1.165) is 24.3 Å². The fraction of sp³-hybridized carbons (Fsp3) is 1.00. The average molecular weight is 213 g/mol. The largest absolute Gasteiger partial charge is 0.330 e. The molecule has 4 heteroatoms. The zero-order chi connectivity index (χ0) is 6.97. The van der Waals surface area contributed by atoms with Crippen LogP contribution in [0.25, 0.3) is 0 Å². The van der Waals surface area contributed by atoms with Gasteiger partial charge in [0.05, 0.1) is 0 Å². The van der Waals surface area contributed by atoms with Gasteiger partial charge < -0.3 is 11.1 Å². The van der Waals surface area contributed by atoms with Crippen LogP contribution in [0.2, 0.25) is 0 Å². The molecule has 2 aliphatic rings. The van der Waals surface area contributed by atoms with Crippen molar-refractivity contribution in [2.45, 2.75) is 12.8 Å². The Bertz CT molecular complexity index is 120. The molecular formula is C8H18Cl2N2. The Morgan fingerprint density at radius 3 is 2.00 bits per heavy atom. The highest BCUT2D eigenvalue weighted by Crippen LogP contribution is 2.37. The highest BCUT2D eigenvalue weighted by molar-refractivity contribution is 5.85. The zero-order valence-corrected chi connectivity index (χ0v) is 8.79. The van der Waals surface area contributed by atoms with Crippen LogP contribution in [0.4, 0.5) is 0 Å². The van der Waals surface area contributed by atoms with Crippen molar-refractivity contribution >= 4 is 24.8 Å². The first-order valence-corrected chi connectivity index (χ1v) is 4.31. The van der Waals surface area contributed by atoms with Crippen LogP contribution >= 0.6 is 24.8 Å². The van der Waals surface area contributed by atoms with Crippen molar-refractivity contribution in [3.63, 3.8) is 0 Å². The lowest BCUT2D eigenvalue weighted by molar-refractivity contribution is 0.494. The maximum Gasteiger partial charge on any atom is -0.00172 e. The summed E-state index contributed by atoms with van der Waals surface area (Å²) >= 11 is 0. The van der Waals surface area contributed by atoms with Crippen molar-refractivity contribution in [3.05, 3.63) is 0 Å². The van der Waals surface area contributed by atoms with E-state index in [1.807, 2.05) is 0 Å². The summed E-state index contributed by atoms with van der Waals surface area (Å²) in [7, 11) is 0. The van der Waals surface area contributed by atoms with Crippen molar-refractivity contribution in [3.8, 4) is 0 Å². The van der Waals surface area contributed by atoms with E-state index in [0.29, 0.717) is 0 Å². The molecule has 74 valence electrons. The first-order valence-electron chi connectivity index (χ1n) is 4.31. The van der Waals surface area contributed by atoms with Crippen molar-refractivity contribution in [1.82, 2.24) is 5.32 Å². The van der Waals surface area contributed by atoms with E-state index in [9.17, 15) is 0 Å². The number of nitrogens with one attached hydrogen (secondary N) is 1. The van der Waals surface area contributed by atoms with Gasteiger partial charge in [0, 0.05) is 0 Å². The highest BCUT2D eigenvalue weighted by Gasteiger charge is 2.36. The molecule has 1 aliphatic carbocycles. The summed E-state index contributed by atoms with van der Waals surface area (Å²) in [4.78, 5) is 0. The number of hydrogen-bond donors (Lipinski definition) is 2. The molecule has 0 amide bonds. The van der Waals surface area contributed by atoms with E-state index in [4.69, 9.17) is 5.73 Å². The van der Waals surface area contributed by atoms with Gasteiger partial charge in [0.2, 0.25) is 0 Å². The number of halogens is 2. The molecule has 0 radical (unpaired) electrons. The van der Waals surface area contributed by atoms with Crippen LogP contribution in [0.5, 0.6) is 0 Å². The summed E-state index contributed by atoms with van der Waals surface area (Å²) in [5.41, 5.74) is 5.62. The number of hydrogen-bond acceptors (Lipinski definition) is 2. The van der Waals surface area contributed by atoms with Gasteiger partial charge >= 0.3 is 0 Å². The minimum absolute atomic E-state index is 0. The van der Waals surface area contributed by atoms with Crippen LogP contribution in [0.15, 0.2) is 0 Å². The minimum Gasteiger partial charge on any atom is -0.330 e. The van der Waals surface area contributed by atoms with Gasteiger partial charge in [-0.3, -0.25) is 0 Å². The maximum atomic E-state index is 5.62. The van der Waals surface area contributed by atoms with E-state index in [2.05, 4.69) is 5.32 Å². The second-order valence-electron chi connectivity index (χ2n) is 3.75. The number of fused-ring (bicyclic) bond motifs is 1. The minimum atomic E-state index is 0. The molecule has 0 aromatic heterocycles. The van der Waals surface area contributed by atoms with Gasteiger partial charge in [-0.15, -0.1) is 24.8 Å². The quantitative estimate of drug-likeness (QED) is 0.682. The van der Waals surface area contributed by atoms with Gasteiger partial charge in [0.15, 0.2) is 0 Å². The fourth-order valence-corrected chi connectivity index (χ4v) is 2.48. The summed E-state index contributed by atoms with van der Waals surface area (Å²) in [6, 6.07) is 0. The van der Waals surface area contributed by atoms with Gasteiger partial charge in [-0.1, -0.05) is 0 Å². The third kappa shape index (κ3) is 2.25. The maximum absolute atomic E-state index is 5.62. The van der Waals surface area contributed by atoms with Gasteiger partial charge in [-0.05, 0) is 50.2 Å². The van der Waals surface area contributed by atoms with Crippen LogP contribution in [0, 0.1) is 17.8 Å². The first kappa shape index (κ1) is 12.5. The molecule has 1 aliphatic heterocycles. The molecule has 0 aromatic carbocycles. The first-order chi connectivity index (χ1) is 4.90. The van der Waals surface area contributed by atoms with Crippen LogP contribution in [0.1, 0.15) is 12.8 Å². The second kappa shape index (κ2) is 5.28. The van der Waals surface area contributed by atoms with Crippen molar-refractivity contribution in [1.29, 1.82) is 0 Å². The number of nitrogens with two attached hydrogens (primary N) is 1. The second-order valence-corrected chi connectivity index (χ2v) is 3.75. The van der Waals surface area contributed by atoms with Crippen LogP contribution in [-0.2, 0) is 0 Å². The number of rotatable bonds is 1. The molecule has 2 nitrogen and oxygen atoms in total. The SMILES string of the molecule is Cl.Cl.NCC1C[C@H]2CNC[C@H]2C1. The van der Waals surface area contributed by atoms with E-state index >= 15 is 0 Å². The molecule has 1 heterocycles. The molecule has 1 saturated heterocycles. The van der Waals surface area contributed by atoms with Gasteiger partial charge in [0.1, 0.15) is 0 Å². The van der Waals surface area contributed by atoms with Crippen molar-refractivity contribution in [2.75, 3.05) is 19.6 Å². The summed E-state index contributed by atoms with van der Waals surface area (Å²) in [6.45, 7) is 3.41. The molecule has 1 unspecified atom stereocenters. The van der Waals surface area contributed by atoms with Crippen LogP contribution in [-0.4, -0.2) is 19.6 Å². The Morgan fingerprint density at radius 2 is 1.58 bits per heavy atom. The standard InChI is InChI=1S/C8H16N2.2ClH/c9-3-6-1-7-4-10-5-8(7)2-6;;/h6-8,10H,1-5,9H2;2*1H/t6?,7-,8+;;. The normalized spacial score (nSPS) is 38.2. The summed E-state index contributed by atoms with van der Waals surface area (Å²) < 4.78 is 0. The fourth-order valence-electron chi connectivity index (χ4n) is 2.48. The van der Waals surface area contributed by atoms with Gasteiger partial charge in [0.25, 0.3) is 0 Å². The summed E-state index contributed by atoms with van der Waals surface area (Å²) in [5.74, 6) is 2.78. The molecule has 2 rings (SSSR count). The predicted octanol–water partition coefficient (Wildman–Crippen LogP) is 1.03. The third-order valence-corrected chi connectivity index (χ3v) is 3.09. The van der Waals surface area contributed by atoms with Crippen LogP contribution in [0.3, 0.4) is 0 Å². The van der Waals surface area contributed by atoms with Gasteiger partial charge in [-0.25, -0.2) is 0 Å². The molecule has 0 spiro atoms. The summed E-state index contributed by atoms with van der Waals surface area (Å²) in [5, 5.41) is 3.43. The lowest BCUT2D eigenvalue weighted by atomic mass is 10.0. The molecule has 2 fully saturated rings. The molecule has 3 N–H and O–H groups in total. The predicted molar refractivity (Wildman–Crippen MR) is 56.1 cm³/mol. The summed E-state index contributed by atoms with van der Waals surface area (Å²) in [6.07, 6.45) is 2.77. The average Bonchev–Trinajstić information content (AvgIpc) is 2.42. The smallest absolute Gasteiger partial charge is 0.00172 e. The van der Waals surface area contributed by atoms with Gasteiger partial charge in [-0.2, -0.15) is 0 Å². The third-order valence-electron chi connectivity index (χ3n) is 3.09. The molecule has 1 saturated carbocycles. The molecular weight excluding hydrogens is 195 g/mol. The highest BCUT2D eigenvalue weighted by atomic mass is 35.5. The Kier molecular flexibility index (Phi) is 5.50. The lowest BCUT2D eigenvalue weighted by Gasteiger charge is -2.05. The van der Waals surface area contributed by atoms with E-state index < -0.39 is 0 Å². The topological polar surface area (TPSA) is 38.0 Å². The van der Waals surface area contributed by atoms with Crippen molar-refractivity contribution in [2.24, 2.45) is 23.5 Å². The molecule has 3 atom stereocenters.